The fourth-order valence-electron chi connectivity index (χ4n) is 3.16. The number of rotatable bonds is 3. The Morgan fingerprint density at radius 1 is 1.11 bits per heavy atom. The molecular weight excluding hydrogens is 364 g/mol. The van der Waals surface area contributed by atoms with Crippen molar-refractivity contribution in [3.63, 3.8) is 0 Å². The molecule has 5 aromatic rings. The number of hydrogen-bond acceptors (Lipinski definition) is 5. The van der Waals surface area contributed by atoms with Crippen molar-refractivity contribution in [1.29, 1.82) is 0 Å². The van der Waals surface area contributed by atoms with Crippen molar-refractivity contribution in [1.82, 2.24) is 34.6 Å². The van der Waals surface area contributed by atoms with Gasteiger partial charge in [-0.2, -0.15) is 14.7 Å². The van der Waals surface area contributed by atoms with E-state index >= 15 is 0 Å². The summed E-state index contributed by atoms with van der Waals surface area (Å²) in [6, 6.07) is 7.96. The molecule has 0 atom stereocenters. The summed E-state index contributed by atoms with van der Waals surface area (Å²) in [7, 11) is 1.81. The van der Waals surface area contributed by atoms with Gasteiger partial charge in [0, 0.05) is 48.4 Å². The second-order valence-corrected chi connectivity index (χ2v) is 6.41. The Kier molecular flexibility index (Phi) is 3.61. The van der Waals surface area contributed by atoms with Crippen molar-refractivity contribution in [3.05, 3.63) is 71.9 Å². The maximum absolute atomic E-state index is 14.9. The molecule has 28 heavy (non-hydrogen) atoms. The van der Waals surface area contributed by atoms with Crippen LogP contribution in [-0.2, 0) is 13.5 Å². The van der Waals surface area contributed by atoms with Crippen LogP contribution in [0.2, 0.25) is 0 Å². The number of pyridine rings is 1. The average molecular weight is 377 g/mol. The molecule has 0 aliphatic rings. The second-order valence-electron chi connectivity index (χ2n) is 6.41. The molecule has 138 valence electrons. The van der Waals surface area contributed by atoms with Gasteiger partial charge in [-0.15, -0.1) is 10.2 Å². The zero-order valence-corrected chi connectivity index (χ0v) is 14.7. The Bertz CT molecular complexity index is 1340. The van der Waals surface area contributed by atoms with Crippen LogP contribution in [0.4, 0.5) is 8.78 Å². The van der Waals surface area contributed by atoms with E-state index in [1.54, 1.807) is 35.1 Å². The van der Waals surface area contributed by atoms with E-state index in [1.165, 1.54) is 16.8 Å². The molecule has 0 saturated carbocycles. The molecule has 1 aromatic carbocycles. The highest BCUT2D eigenvalue weighted by atomic mass is 19.1. The van der Waals surface area contributed by atoms with Gasteiger partial charge in [0.15, 0.2) is 11.5 Å². The number of benzene rings is 1. The second kappa shape index (κ2) is 6.15. The van der Waals surface area contributed by atoms with E-state index in [0.717, 1.165) is 5.56 Å². The van der Waals surface area contributed by atoms with Gasteiger partial charge >= 0.3 is 0 Å². The molecule has 0 saturated heterocycles. The molecular formula is C19H13F2N7. The van der Waals surface area contributed by atoms with Crippen molar-refractivity contribution in [3.8, 4) is 11.3 Å². The van der Waals surface area contributed by atoms with Gasteiger partial charge in [0.25, 0.3) is 0 Å². The predicted molar refractivity (Wildman–Crippen MR) is 97.4 cm³/mol. The van der Waals surface area contributed by atoms with Gasteiger partial charge in [-0.05, 0) is 24.3 Å². The van der Waals surface area contributed by atoms with Gasteiger partial charge in [-0.25, -0.2) is 8.78 Å². The summed E-state index contributed by atoms with van der Waals surface area (Å²) in [6.07, 6.45) is 4.92. The maximum Gasteiger partial charge on any atom is 0.177 e. The molecule has 0 fully saturated rings. The van der Waals surface area contributed by atoms with Crippen molar-refractivity contribution in [2.45, 2.75) is 6.42 Å². The summed E-state index contributed by atoms with van der Waals surface area (Å²) in [5.74, 6) is -0.992. The minimum absolute atomic E-state index is 0.0901. The first kappa shape index (κ1) is 16.4. The Balaban J connectivity index is 1.61. The summed E-state index contributed by atoms with van der Waals surface area (Å²) < 4.78 is 32.6. The van der Waals surface area contributed by atoms with Gasteiger partial charge in [0.05, 0.1) is 17.4 Å². The number of hydrogen-bond donors (Lipinski definition) is 0. The molecule has 0 bridgehead atoms. The highest BCUT2D eigenvalue weighted by Gasteiger charge is 2.18. The molecule has 0 amide bonds. The largest absolute Gasteiger partial charge is 0.275 e. The van der Waals surface area contributed by atoms with Crippen molar-refractivity contribution < 1.29 is 8.78 Å². The topological polar surface area (TPSA) is 73.8 Å². The maximum atomic E-state index is 14.9. The minimum Gasteiger partial charge on any atom is -0.275 e. The Hall–Kier alpha value is -3.75. The van der Waals surface area contributed by atoms with Crippen LogP contribution in [0, 0.1) is 11.6 Å². The van der Waals surface area contributed by atoms with Crippen LogP contribution in [0.25, 0.3) is 27.8 Å². The highest BCUT2D eigenvalue weighted by Crippen LogP contribution is 2.25. The smallest absolute Gasteiger partial charge is 0.177 e. The summed E-state index contributed by atoms with van der Waals surface area (Å²) >= 11 is 0. The van der Waals surface area contributed by atoms with E-state index < -0.39 is 11.6 Å². The van der Waals surface area contributed by atoms with Crippen LogP contribution in [0.3, 0.4) is 0 Å². The van der Waals surface area contributed by atoms with Crippen LogP contribution in [0.5, 0.6) is 0 Å². The van der Waals surface area contributed by atoms with E-state index in [2.05, 4.69) is 25.4 Å². The first-order valence-corrected chi connectivity index (χ1v) is 8.52. The lowest BCUT2D eigenvalue weighted by atomic mass is 10.1. The lowest BCUT2D eigenvalue weighted by molar-refractivity contribution is 0.566. The molecule has 4 aromatic heterocycles. The lowest BCUT2D eigenvalue weighted by Gasteiger charge is -2.07. The third-order valence-corrected chi connectivity index (χ3v) is 4.55. The summed E-state index contributed by atoms with van der Waals surface area (Å²) in [5, 5.41) is 17.0. The lowest BCUT2D eigenvalue weighted by Crippen LogP contribution is -2.05. The average Bonchev–Trinajstić information content (AvgIpc) is 3.31. The molecule has 0 aliphatic heterocycles. The van der Waals surface area contributed by atoms with E-state index in [-0.39, 0.29) is 22.9 Å². The van der Waals surface area contributed by atoms with Gasteiger partial charge in [0.1, 0.15) is 11.6 Å². The standard InChI is InChI=1S/C19H13F2N7/c1-27-10-11(9-23-27)15-4-5-17-24-25-18(28(17)26-15)7-13-14(20)8-16-12(19(13)21)3-2-6-22-16/h2-6,8-10H,7H2,1H3. The Morgan fingerprint density at radius 2 is 2.00 bits per heavy atom. The number of halogens is 2. The van der Waals surface area contributed by atoms with Crippen molar-refractivity contribution >= 4 is 16.6 Å². The van der Waals surface area contributed by atoms with Crippen LogP contribution in [0.1, 0.15) is 11.4 Å². The third-order valence-electron chi connectivity index (χ3n) is 4.55. The number of aromatic nitrogens is 7. The summed E-state index contributed by atoms with van der Waals surface area (Å²) in [4.78, 5) is 4.00. The van der Waals surface area contributed by atoms with Gasteiger partial charge < -0.3 is 0 Å². The normalized spacial score (nSPS) is 11.5. The molecule has 0 N–H and O–H groups in total. The molecule has 0 aliphatic carbocycles. The zero-order chi connectivity index (χ0) is 19.3. The Morgan fingerprint density at radius 3 is 2.82 bits per heavy atom. The number of nitrogens with zero attached hydrogens (tertiary/aromatic N) is 7. The third kappa shape index (κ3) is 2.59. The van der Waals surface area contributed by atoms with E-state index in [9.17, 15) is 8.78 Å². The first-order valence-electron chi connectivity index (χ1n) is 8.52. The molecule has 0 spiro atoms. The van der Waals surface area contributed by atoms with E-state index in [1.807, 2.05) is 13.2 Å². The highest BCUT2D eigenvalue weighted by molar-refractivity contribution is 5.80. The summed E-state index contributed by atoms with van der Waals surface area (Å²) in [5.41, 5.74) is 2.14. The van der Waals surface area contributed by atoms with E-state index in [0.29, 0.717) is 17.2 Å². The SMILES string of the molecule is Cn1cc(-c2ccc3nnc(Cc4c(F)cc5ncccc5c4F)n3n2)cn1. The van der Waals surface area contributed by atoms with Gasteiger partial charge in [-0.3, -0.25) is 9.67 Å². The first-order chi connectivity index (χ1) is 13.6. The fourth-order valence-corrected chi connectivity index (χ4v) is 3.16. The number of aryl methyl sites for hydroxylation is 1. The van der Waals surface area contributed by atoms with Crippen LogP contribution in [-0.4, -0.2) is 34.6 Å². The monoisotopic (exact) mass is 377 g/mol. The van der Waals surface area contributed by atoms with Crippen LogP contribution in [0.15, 0.2) is 48.9 Å². The summed E-state index contributed by atoms with van der Waals surface area (Å²) in [6.45, 7) is 0. The zero-order valence-electron chi connectivity index (χ0n) is 14.7. The molecule has 7 nitrogen and oxygen atoms in total. The number of fused-ring (bicyclic) bond motifs is 2. The van der Waals surface area contributed by atoms with Gasteiger partial charge in [-0.1, -0.05) is 0 Å². The predicted octanol–water partition coefficient (Wildman–Crippen LogP) is 2.94. The minimum atomic E-state index is -0.677. The van der Waals surface area contributed by atoms with Crippen molar-refractivity contribution in [2.24, 2.45) is 7.05 Å². The fraction of sp³-hybridized carbons (Fsp3) is 0.105. The molecule has 0 unspecified atom stereocenters. The van der Waals surface area contributed by atoms with Crippen molar-refractivity contribution in [2.75, 3.05) is 0 Å². The van der Waals surface area contributed by atoms with Crippen LogP contribution >= 0.6 is 0 Å². The van der Waals surface area contributed by atoms with Crippen LogP contribution < -0.4 is 0 Å². The quantitative estimate of drug-likeness (QED) is 0.483. The molecule has 4 heterocycles. The molecule has 9 heteroatoms. The molecule has 0 radical (unpaired) electrons. The van der Waals surface area contributed by atoms with E-state index in [4.69, 9.17) is 0 Å². The Labute approximate surface area is 157 Å². The van der Waals surface area contributed by atoms with Gasteiger partial charge in [0.2, 0.25) is 0 Å². The molecule has 5 rings (SSSR count).